The number of esters is 1. The van der Waals surface area contributed by atoms with Gasteiger partial charge in [-0.15, -0.1) is 0 Å². The van der Waals surface area contributed by atoms with Gasteiger partial charge in [0.25, 0.3) is 10.0 Å². The van der Waals surface area contributed by atoms with E-state index < -0.39 is 38.7 Å². The predicted molar refractivity (Wildman–Crippen MR) is 155 cm³/mol. The number of hydrogen-bond acceptors (Lipinski definition) is 8. The number of alkyl halides is 3. The van der Waals surface area contributed by atoms with Gasteiger partial charge in [-0.05, 0) is 61.4 Å². The topological polar surface area (TPSA) is 97.4 Å². The average Bonchev–Trinajstić information content (AvgIpc) is 3.47. The fraction of sp³-hybridized carbons (Fsp3) is 0.367. The number of carbonyl (C=O) groups is 1. The lowest BCUT2D eigenvalue weighted by molar-refractivity contribution is -0.141. The minimum absolute atomic E-state index is 0.0159. The molecule has 0 spiro atoms. The molecule has 13 heteroatoms. The second kappa shape index (κ2) is 12.2. The van der Waals surface area contributed by atoms with Crippen LogP contribution in [0.25, 0.3) is 0 Å². The molecular weight excluding hydrogens is 587 g/mol. The number of anilines is 3. The lowest BCUT2D eigenvalue weighted by Gasteiger charge is -2.36. The third-order valence-corrected chi connectivity index (χ3v) is 9.30. The number of fused-ring (bicyclic) bond motifs is 1. The summed E-state index contributed by atoms with van der Waals surface area (Å²) in [6.45, 7) is 1.26. The summed E-state index contributed by atoms with van der Waals surface area (Å²) in [5.74, 6) is 0.524. The van der Waals surface area contributed by atoms with Crippen LogP contribution in [0.4, 0.5) is 30.2 Å². The average molecular weight is 620 g/mol. The van der Waals surface area contributed by atoms with Gasteiger partial charge in [0.1, 0.15) is 17.6 Å². The van der Waals surface area contributed by atoms with Crippen LogP contribution < -0.4 is 24.0 Å². The molecule has 9 nitrogen and oxygen atoms in total. The Labute approximate surface area is 248 Å². The quantitative estimate of drug-likeness (QED) is 0.322. The van der Waals surface area contributed by atoms with Crippen molar-refractivity contribution in [2.24, 2.45) is 0 Å². The summed E-state index contributed by atoms with van der Waals surface area (Å²) in [5.41, 5.74) is 0.729. The fourth-order valence-corrected chi connectivity index (χ4v) is 6.89. The van der Waals surface area contributed by atoms with Crippen LogP contribution >= 0.6 is 0 Å². The summed E-state index contributed by atoms with van der Waals surface area (Å²) in [6.07, 6.45) is -4.49. The van der Waals surface area contributed by atoms with Crippen molar-refractivity contribution in [3.05, 3.63) is 72.3 Å². The highest BCUT2D eigenvalue weighted by molar-refractivity contribution is 7.92. The molecule has 2 atom stereocenters. The van der Waals surface area contributed by atoms with Crippen LogP contribution in [0, 0.1) is 0 Å². The Balaban J connectivity index is 1.43. The van der Waals surface area contributed by atoms with Crippen LogP contribution in [0.15, 0.2) is 71.6 Å². The van der Waals surface area contributed by atoms with E-state index in [1.54, 1.807) is 25.3 Å². The van der Waals surface area contributed by atoms with Gasteiger partial charge in [0.2, 0.25) is 0 Å². The molecule has 2 aliphatic rings. The van der Waals surface area contributed by atoms with Gasteiger partial charge in [0.05, 0.1) is 42.6 Å². The maximum atomic E-state index is 13.9. The van der Waals surface area contributed by atoms with E-state index in [0.717, 1.165) is 46.9 Å². The number of hydrogen-bond donors (Lipinski definition) is 1. The van der Waals surface area contributed by atoms with Crippen molar-refractivity contribution in [1.29, 1.82) is 0 Å². The van der Waals surface area contributed by atoms with Crippen molar-refractivity contribution < 1.29 is 40.6 Å². The number of nitrogens with zero attached hydrogens (tertiary/aromatic N) is 2. The Kier molecular flexibility index (Phi) is 8.63. The molecule has 5 rings (SSSR count). The van der Waals surface area contributed by atoms with Gasteiger partial charge in [-0.25, -0.2) is 8.42 Å². The number of para-hydroxylation sites is 2. The fourth-order valence-electron chi connectivity index (χ4n) is 5.34. The lowest BCUT2D eigenvalue weighted by atomic mass is 10.1. The maximum Gasteiger partial charge on any atom is 0.416 e. The first-order valence-corrected chi connectivity index (χ1v) is 15.2. The molecule has 230 valence electrons. The van der Waals surface area contributed by atoms with Crippen LogP contribution in [0.2, 0.25) is 0 Å². The Morgan fingerprint density at radius 2 is 1.81 bits per heavy atom. The molecule has 0 saturated carbocycles. The van der Waals surface area contributed by atoms with E-state index >= 15 is 0 Å². The van der Waals surface area contributed by atoms with E-state index in [4.69, 9.17) is 14.2 Å². The van der Waals surface area contributed by atoms with Crippen LogP contribution in [-0.4, -0.2) is 60.4 Å². The number of carbonyl (C=O) groups excluding carboxylic acids is 1. The van der Waals surface area contributed by atoms with Gasteiger partial charge < -0.3 is 24.4 Å². The molecule has 0 bridgehead atoms. The van der Waals surface area contributed by atoms with Crippen LogP contribution in [0.1, 0.15) is 24.8 Å². The van der Waals surface area contributed by atoms with Gasteiger partial charge in [0.15, 0.2) is 0 Å². The van der Waals surface area contributed by atoms with Crippen LogP contribution in [0.5, 0.6) is 11.5 Å². The molecule has 1 N–H and O–H groups in total. The third-order valence-electron chi connectivity index (χ3n) is 7.52. The van der Waals surface area contributed by atoms with Crippen LogP contribution in [0.3, 0.4) is 0 Å². The summed E-state index contributed by atoms with van der Waals surface area (Å²) >= 11 is 0. The van der Waals surface area contributed by atoms with Gasteiger partial charge in [0, 0.05) is 31.2 Å². The van der Waals surface area contributed by atoms with E-state index in [1.165, 1.54) is 7.11 Å². The molecule has 3 aromatic carbocycles. The standard InChI is InChI=1S/C30H32F3N3O6S/c1-40-27-9-4-3-8-25(27)35-15-14-22(18-35)34-21-10-12-28-26(17-21)36(19-23(42-28)11-13-29(37)41-2)43(38,39)24-7-5-6-20(16-24)30(31,32)33/h3-10,12,16-17,22-23,34H,11,13-15,18-19H2,1-2H3/t22?,23-/m0/s1. The third kappa shape index (κ3) is 6.61. The summed E-state index contributed by atoms with van der Waals surface area (Å²) < 4.78 is 85.3. The number of sulfonamides is 1. The zero-order valence-electron chi connectivity index (χ0n) is 23.6. The molecule has 0 amide bonds. The van der Waals surface area contributed by atoms with E-state index in [0.29, 0.717) is 18.3 Å². The number of methoxy groups -OCH3 is 2. The van der Waals surface area contributed by atoms with Crippen molar-refractivity contribution in [3.63, 3.8) is 0 Å². The first kappa shape index (κ1) is 30.3. The summed E-state index contributed by atoms with van der Waals surface area (Å²) in [6, 6.07) is 16.4. The summed E-state index contributed by atoms with van der Waals surface area (Å²) in [4.78, 5) is 13.5. The normalized spacial score (nSPS) is 18.5. The molecule has 0 aromatic heterocycles. The SMILES string of the molecule is COC(=O)CC[C@H]1CN(S(=O)(=O)c2cccc(C(F)(F)F)c2)c2cc(NC3CCN(c4ccccc4OC)C3)ccc2O1. The summed E-state index contributed by atoms with van der Waals surface area (Å²) in [7, 11) is -1.57. The van der Waals surface area contributed by atoms with E-state index in [1.807, 2.05) is 24.3 Å². The molecule has 0 aliphatic carbocycles. The minimum Gasteiger partial charge on any atom is -0.495 e. The van der Waals surface area contributed by atoms with Gasteiger partial charge in [-0.3, -0.25) is 9.10 Å². The Hall–Kier alpha value is -4.13. The zero-order chi connectivity index (χ0) is 30.8. The maximum absolute atomic E-state index is 13.9. The zero-order valence-corrected chi connectivity index (χ0v) is 24.5. The Bertz CT molecular complexity index is 1580. The highest BCUT2D eigenvalue weighted by atomic mass is 32.2. The number of nitrogens with one attached hydrogen (secondary N) is 1. The minimum atomic E-state index is -4.71. The molecule has 2 heterocycles. The van der Waals surface area contributed by atoms with Gasteiger partial charge >= 0.3 is 12.1 Å². The van der Waals surface area contributed by atoms with Crippen molar-refractivity contribution >= 4 is 33.1 Å². The number of halogens is 3. The molecule has 1 fully saturated rings. The van der Waals surface area contributed by atoms with Crippen molar-refractivity contribution in [2.75, 3.05) is 48.4 Å². The van der Waals surface area contributed by atoms with Crippen molar-refractivity contribution in [2.45, 2.75) is 42.5 Å². The van der Waals surface area contributed by atoms with E-state index in [-0.39, 0.29) is 36.9 Å². The van der Waals surface area contributed by atoms with Gasteiger partial charge in [-0.2, -0.15) is 13.2 Å². The highest BCUT2D eigenvalue weighted by Crippen LogP contribution is 2.41. The second-order valence-electron chi connectivity index (χ2n) is 10.3. The molecule has 2 aliphatic heterocycles. The monoisotopic (exact) mass is 619 g/mol. The lowest BCUT2D eigenvalue weighted by Crippen LogP contribution is -2.43. The molecule has 1 saturated heterocycles. The van der Waals surface area contributed by atoms with Gasteiger partial charge in [-0.1, -0.05) is 18.2 Å². The van der Waals surface area contributed by atoms with Crippen LogP contribution in [-0.2, 0) is 25.7 Å². The Morgan fingerprint density at radius 1 is 1.02 bits per heavy atom. The summed E-state index contributed by atoms with van der Waals surface area (Å²) in [5, 5.41) is 3.46. The predicted octanol–water partition coefficient (Wildman–Crippen LogP) is 5.31. The molecule has 43 heavy (non-hydrogen) atoms. The molecule has 3 aromatic rings. The number of rotatable bonds is 9. The highest BCUT2D eigenvalue weighted by Gasteiger charge is 2.37. The second-order valence-corrected chi connectivity index (χ2v) is 12.2. The first-order valence-electron chi connectivity index (χ1n) is 13.7. The smallest absolute Gasteiger partial charge is 0.416 e. The number of ether oxygens (including phenoxy) is 3. The van der Waals surface area contributed by atoms with E-state index in [2.05, 4.69) is 10.2 Å². The molecular formula is C30H32F3N3O6S. The Morgan fingerprint density at radius 3 is 2.56 bits per heavy atom. The number of benzene rings is 3. The molecule has 0 radical (unpaired) electrons. The van der Waals surface area contributed by atoms with E-state index in [9.17, 15) is 26.4 Å². The first-order chi connectivity index (χ1) is 20.5. The van der Waals surface area contributed by atoms with Crippen molar-refractivity contribution in [3.8, 4) is 11.5 Å². The molecule has 1 unspecified atom stereocenters. The largest absolute Gasteiger partial charge is 0.495 e. The van der Waals surface area contributed by atoms with Crippen molar-refractivity contribution in [1.82, 2.24) is 0 Å².